The van der Waals surface area contributed by atoms with Gasteiger partial charge in [-0.2, -0.15) is 0 Å². The van der Waals surface area contributed by atoms with Gasteiger partial charge in [0.2, 0.25) is 0 Å². The van der Waals surface area contributed by atoms with E-state index in [1.165, 1.54) is 0 Å². The van der Waals surface area contributed by atoms with Crippen molar-refractivity contribution in [3.63, 3.8) is 0 Å². The molecule has 0 fully saturated rings. The van der Waals surface area contributed by atoms with Gasteiger partial charge in [0.05, 0.1) is 12.3 Å². The molecule has 10 nitrogen and oxygen atoms in total. The van der Waals surface area contributed by atoms with Gasteiger partial charge in [0.1, 0.15) is 37.9 Å². The van der Waals surface area contributed by atoms with E-state index in [0.717, 1.165) is 5.56 Å². The minimum Gasteiger partial charge on any atom is -0.488 e. The number of ether oxygens (including phenoxy) is 5. The molecule has 3 aromatic rings. The lowest BCUT2D eigenvalue weighted by Crippen LogP contribution is -2.15. The Hall–Kier alpha value is -5.48. The van der Waals surface area contributed by atoms with Crippen LogP contribution in [-0.4, -0.2) is 56.7 Å². The second-order valence-corrected chi connectivity index (χ2v) is 10.4. The zero-order chi connectivity index (χ0) is 33.8. The molecule has 0 saturated carbocycles. The third kappa shape index (κ3) is 10.3. The molecule has 0 bridgehead atoms. The molecule has 0 radical (unpaired) electrons. The summed E-state index contributed by atoms with van der Waals surface area (Å²) in [5.74, 6) is -1.11. The molecular formula is C36H37NO9. The Bertz CT molecular complexity index is 1650. The smallest absolute Gasteiger partial charge is 0.338 e. The first-order chi connectivity index (χ1) is 21.8. The van der Waals surface area contributed by atoms with Crippen LogP contribution in [-0.2, 0) is 28.6 Å². The molecule has 10 heteroatoms. The first-order valence-electron chi connectivity index (χ1n) is 14.3. The van der Waals surface area contributed by atoms with Crippen molar-refractivity contribution in [1.82, 2.24) is 0 Å². The average Bonchev–Trinajstić information content (AvgIpc) is 3.03. The lowest BCUT2D eigenvalue weighted by atomic mass is 9.94. The highest BCUT2D eigenvalue weighted by atomic mass is 16.6. The van der Waals surface area contributed by atoms with Crippen LogP contribution in [0.25, 0.3) is 22.3 Å². The van der Waals surface area contributed by atoms with Gasteiger partial charge in [-0.3, -0.25) is 4.79 Å². The Kier molecular flexibility index (Phi) is 12.6. The maximum Gasteiger partial charge on any atom is 0.338 e. The van der Waals surface area contributed by atoms with Crippen molar-refractivity contribution in [2.45, 2.75) is 20.8 Å². The number of anilines is 1. The number of nitrogen functional groups attached to an aromatic ring is 1. The van der Waals surface area contributed by atoms with Crippen LogP contribution in [0.5, 0.6) is 11.5 Å². The van der Waals surface area contributed by atoms with Crippen LogP contribution in [0.3, 0.4) is 0 Å². The largest absolute Gasteiger partial charge is 0.488 e. The number of hydrogen-bond donors (Lipinski definition) is 1. The lowest BCUT2D eigenvalue weighted by molar-refractivity contribution is -0.140. The van der Waals surface area contributed by atoms with E-state index in [-0.39, 0.29) is 50.0 Å². The maximum absolute atomic E-state index is 13.2. The summed E-state index contributed by atoms with van der Waals surface area (Å²) in [6, 6.07) is 17.4. The Labute approximate surface area is 268 Å². The Morgan fingerprint density at radius 2 is 1.17 bits per heavy atom. The van der Waals surface area contributed by atoms with E-state index in [1.807, 2.05) is 6.07 Å². The number of nitrogens with two attached hydrogens (primary N) is 1. The van der Waals surface area contributed by atoms with Crippen LogP contribution in [0.15, 0.2) is 97.1 Å². The third-order valence-electron chi connectivity index (χ3n) is 6.31. The number of rotatable bonds is 16. The molecule has 0 amide bonds. The van der Waals surface area contributed by atoms with Crippen molar-refractivity contribution in [3.8, 4) is 33.8 Å². The van der Waals surface area contributed by atoms with Crippen molar-refractivity contribution in [1.29, 1.82) is 0 Å². The fraction of sp³-hybridized carbons (Fsp3) is 0.222. The number of ketones is 1. The van der Waals surface area contributed by atoms with Crippen molar-refractivity contribution in [3.05, 3.63) is 103 Å². The number of esters is 3. The normalized spacial score (nSPS) is 10.4. The summed E-state index contributed by atoms with van der Waals surface area (Å²) in [5.41, 5.74) is 10.7. The lowest BCUT2D eigenvalue weighted by Gasteiger charge is -2.14. The van der Waals surface area contributed by atoms with Crippen LogP contribution in [0.4, 0.5) is 5.69 Å². The third-order valence-corrected chi connectivity index (χ3v) is 6.31. The molecule has 0 unspecified atom stereocenters. The van der Waals surface area contributed by atoms with Crippen LogP contribution in [0.2, 0.25) is 0 Å². The summed E-state index contributed by atoms with van der Waals surface area (Å²) >= 11 is 0. The first kappa shape index (κ1) is 35.0. The maximum atomic E-state index is 13.2. The minimum absolute atomic E-state index is 0.0173. The Balaban J connectivity index is 1.84. The van der Waals surface area contributed by atoms with Crippen molar-refractivity contribution >= 4 is 29.4 Å². The molecule has 2 N–H and O–H groups in total. The van der Waals surface area contributed by atoms with Gasteiger partial charge in [-0.05, 0) is 85.5 Å². The number of hydrogen-bond acceptors (Lipinski definition) is 10. The van der Waals surface area contributed by atoms with E-state index >= 15 is 0 Å². The van der Waals surface area contributed by atoms with E-state index in [9.17, 15) is 19.2 Å². The molecule has 0 saturated heterocycles. The van der Waals surface area contributed by atoms with E-state index in [2.05, 4.69) is 19.7 Å². The van der Waals surface area contributed by atoms with Gasteiger partial charge < -0.3 is 29.4 Å². The first-order valence-corrected chi connectivity index (χ1v) is 14.3. The molecule has 3 aromatic carbocycles. The number of carbonyl (C=O) groups excluding carboxylic acids is 4. The molecule has 240 valence electrons. The quantitative estimate of drug-likeness (QED) is 0.0510. The molecule has 0 aliphatic heterocycles. The minimum atomic E-state index is -0.533. The molecule has 0 atom stereocenters. The van der Waals surface area contributed by atoms with Gasteiger partial charge >= 0.3 is 17.9 Å². The van der Waals surface area contributed by atoms with Gasteiger partial charge in [0.25, 0.3) is 0 Å². The zero-order valence-electron chi connectivity index (χ0n) is 26.2. The van der Waals surface area contributed by atoms with Gasteiger partial charge in [-0.15, -0.1) is 0 Å². The van der Waals surface area contributed by atoms with Gasteiger partial charge in [-0.1, -0.05) is 37.9 Å². The van der Waals surface area contributed by atoms with Crippen LogP contribution in [0, 0.1) is 0 Å². The molecule has 46 heavy (non-hydrogen) atoms. The van der Waals surface area contributed by atoms with E-state index in [4.69, 9.17) is 29.4 Å². The van der Waals surface area contributed by atoms with Crippen LogP contribution < -0.4 is 15.2 Å². The Morgan fingerprint density at radius 1 is 0.630 bits per heavy atom. The second kappa shape index (κ2) is 16.6. The van der Waals surface area contributed by atoms with E-state index in [0.29, 0.717) is 45.0 Å². The Morgan fingerprint density at radius 3 is 1.74 bits per heavy atom. The van der Waals surface area contributed by atoms with Crippen molar-refractivity contribution < 1.29 is 42.9 Å². The highest BCUT2D eigenvalue weighted by Crippen LogP contribution is 2.33. The number of carbonyl (C=O) groups is 4. The average molecular weight is 628 g/mol. The predicted molar refractivity (Wildman–Crippen MR) is 174 cm³/mol. The molecule has 0 aliphatic carbocycles. The standard InChI is InChI=1S/C36H37NO9/c1-22(2)34(39)44-14-13-42-21-32(38)29-18-27(25-7-10-30(11-8-25)46-36(41)24(5)6)17-28(19-29)26-9-12-33(31(37)20-26)43-15-16-45-35(40)23(3)4/h7-12,17-20H,1,3,5,13-16,21,37H2,2,4,6H3. The van der Waals surface area contributed by atoms with Gasteiger partial charge in [0.15, 0.2) is 5.78 Å². The van der Waals surface area contributed by atoms with E-state index < -0.39 is 17.9 Å². The second-order valence-electron chi connectivity index (χ2n) is 10.4. The predicted octanol–water partition coefficient (Wildman–Crippen LogP) is 5.90. The monoisotopic (exact) mass is 627 g/mol. The SMILES string of the molecule is C=C(C)C(=O)OCCOCC(=O)c1cc(-c2ccc(OC(=O)C(=C)C)cc2)cc(-c2ccc(OCCOC(=O)C(=C)C)c(N)c2)c1. The summed E-state index contributed by atoms with van der Waals surface area (Å²) in [4.78, 5) is 48.3. The van der Waals surface area contributed by atoms with E-state index in [1.54, 1.807) is 75.4 Å². The number of Topliss-reactive ketones (excluding diaryl/α,β-unsaturated/α-hetero) is 1. The van der Waals surface area contributed by atoms with Gasteiger partial charge in [0, 0.05) is 22.3 Å². The zero-order valence-corrected chi connectivity index (χ0v) is 26.2. The summed E-state index contributed by atoms with van der Waals surface area (Å²) in [5, 5.41) is 0. The molecule has 0 heterocycles. The highest BCUT2D eigenvalue weighted by Gasteiger charge is 2.14. The van der Waals surface area contributed by atoms with Crippen LogP contribution >= 0.6 is 0 Å². The molecular weight excluding hydrogens is 590 g/mol. The summed E-state index contributed by atoms with van der Waals surface area (Å²) in [6.45, 7) is 15.2. The van der Waals surface area contributed by atoms with Crippen LogP contribution in [0.1, 0.15) is 31.1 Å². The topological polar surface area (TPSA) is 140 Å². The molecule has 3 rings (SSSR count). The number of benzene rings is 3. The molecule has 0 aliphatic rings. The summed E-state index contributed by atoms with van der Waals surface area (Å²) < 4.78 is 26.5. The van der Waals surface area contributed by atoms with Crippen molar-refractivity contribution in [2.24, 2.45) is 0 Å². The molecule has 0 aromatic heterocycles. The highest BCUT2D eigenvalue weighted by molar-refractivity contribution is 6.00. The summed E-state index contributed by atoms with van der Waals surface area (Å²) in [6.07, 6.45) is 0. The summed E-state index contributed by atoms with van der Waals surface area (Å²) in [7, 11) is 0. The fourth-order valence-corrected chi connectivity index (χ4v) is 3.86. The molecule has 0 spiro atoms. The fourth-order valence-electron chi connectivity index (χ4n) is 3.86. The van der Waals surface area contributed by atoms with Gasteiger partial charge in [-0.25, -0.2) is 14.4 Å². The van der Waals surface area contributed by atoms with Crippen molar-refractivity contribution in [2.75, 3.05) is 38.8 Å².